The molecular weight excluding hydrogens is 271 g/mol. The van der Waals surface area contributed by atoms with Crippen molar-refractivity contribution in [1.29, 1.82) is 0 Å². The van der Waals surface area contributed by atoms with Gasteiger partial charge in [0.2, 0.25) is 11.9 Å². The number of pyridine rings is 1. The van der Waals surface area contributed by atoms with Gasteiger partial charge in [0.15, 0.2) is 0 Å². The van der Waals surface area contributed by atoms with Crippen LogP contribution in [0.4, 0.5) is 4.39 Å². The van der Waals surface area contributed by atoms with E-state index in [9.17, 15) is 9.18 Å². The number of aromatic nitrogens is 2. The topological polar surface area (TPSA) is 61.0 Å². The van der Waals surface area contributed by atoms with Crippen molar-refractivity contribution in [3.05, 3.63) is 42.0 Å². The lowest BCUT2D eigenvalue weighted by atomic mass is 10.1. The van der Waals surface area contributed by atoms with Crippen molar-refractivity contribution < 1.29 is 9.18 Å². The van der Waals surface area contributed by atoms with Crippen LogP contribution in [0.1, 0.15) is 5.56 Å². The zero-order valence-corrected chi connectivity index (χ0v) is 12.2. The third-order valence-corrected chi connectivity index (χ3v) is 3.02. The highest BCUT2D eigenvalue weighted by atomic mass is 19.1. The van der Waals surface area contributed by atoms with Crippen molar-refractivity contribution in [1.82, 2.24) is 20.2 Å². The van der Waals surface area contributed by atoms with Gasteiger partial charge < -0.3 is 15.2 Å². The number of carbonyl (C=O) groups excluding carboxylic acids is 1. The van der Waals surface area contributed by atoms with Gasteiger partial charge >= 0.3 is 0 Å². The second kappa shape index (κ2) is 6.99. The van der Waals surface area contributed by atoms with Gasteiger partial charge in [0.05, 0.1) is 0 Å². The largest absolute Gasteiger partial charge is 0.352 e. The second-order valence-electron chi connectivity index (χ2n) is 5.05. The predicted octanol–water partition coefficient (Wildman–Crippen LogP) is 1.48. The first-order chi connectivity index (χ1) is 10.1. The molecule has 0 aliphatic heterocycles. The Morgan fingerprint density at radius 2 is 2.29 bits per heavy atom. The van der Waals surface area contributed by atoms with Crippen LogP contribution in [0.3, 0.4) is 0 Å². The summed E-state index contributed by atoms with van der Waals surface area (Å²) in [6, 6.07) is 3.03. The first kappa shape index (κ1) is 15.2. The molecule has 2 aromatic heterocycles. The van der Waals surface area contributed by atoms with Gasteiger partial charge in [-0.25, -0.2) is 4.98 Å². The summed E-state index contributed by atoms with van der Waals surface area (Å²) < 4.78 is 13.0. The second-order valence-corrected chi connectivity index (χ2v) is 5.05. The fourth-order valence-corrected chi connectivity index (χ4v) is 1.99. The number of rotatable bonds is 6. The van der Waals surface area contributed by atoms with E-state index in [0.29, 0.717) is 18.6 Å². The highest BCUT2D eigenvalue weighted by molar-refractivity contribution is 5.87. The smallest absolute Gasteiger partial charge is 0.243 e. The summed E-state index contributed by atoms with van der Waals surface area (Å²) in [5.74, 6) is -0.615. The first-order valence-electron chi connectivity index (χ1n) is 6.78. The Balaban J connectivity index is 1.85. The maximum absolute atomic E-state index is 13.0. The zero-order chi connectivity index (χ0) is 15.2. The van der Waals surface area contributed by atoms with E-state index in [4.69, 9.17) is 0 Å². The minimum Gasteiger partial charge on any atom is -0.352 e. The Labute approximate surface area is 122 Å². The molecule has 0 atom stereocenters. The van der Waals surface area contributed by atoms with Crippen molar-refractivity contribution in [2.75, 3.05) is 27.2 Å². The first-order valence-corrected chi connectivity index (χ1v) is 6.78. The van der Waals surface area contributed by atoms with Crippen LogP contribution in [-0.2, 0) is 11.2 Å². The van der Waals surface area contributed by atoms with Crippen LogP contribution >= 0.6 is 0 Å². The molecule has 1 amide bonds. The van der Waals surface area contributed by atoms with Crippen molar-refractivity contribution in [3.8, 4) is 0 Å². The van der Waals surface area contributed by atoms with E-state index in [1.54, 1.807) is 12.3 Å². The van der Waals surface area contributed by atoms with E-state index in [1.807, 2.05) is 25.1 Å². The number of likely N-dealkylation sites (N-methyl/N-ethyl adjacent to an activating group) is 1. The fraction of sp³-hybridized carbons (Fsp3) is 0.333. The molecule has 0 aromatic carbocycles. The molecule has 0 saturated heterocycles. The van der Waals surface area contributed by atoms with E-state index in [2.05, 4.69) is 15.3 Å². The van der Waals surface area contributed by atoms with Crippen LogP contribution in [0.2, 0.25) is 0 Å². The van der Waals surface area contributed by atoms with Gasteiger partial charge in [0.25, 0.3) is 0 Å². The van der Waals surface area contributed by atoms with E-state index >= 15 is 0 Å². The summed E-state index contributed by atoms with van der Waals surface area (Å²) in [7, 11) is 3.88. The van der Waals surface area contributed by atoms with Gasteiger partial charge in [0.1, 0.15) is 5.65 Å². The molecule has 0 radical (unpaired) electrons. The van der Waals surface area contributed by atoms with Crippen molar-refractivity contribution in [2.24, 2.45) is 0 Å². The number of halogens is 1. The van der Waals surface area contributed by atoms with E-state index in [0.717, 1.165) is 17.5 Å². The molecule has 21 heavy (non-hydrogen) atoms. The number of H-pyrrole nitrogens is 1. The van der Waals surface area contributed by atoms with E-state index in [1.165, 1.54) is 12.1 Å². The molecule has 0 spiro atoms. The number of hydrogen-bond donors (Lipinski definition) is 2. The number of fused-ring (bicyclic) bond motifs is 1. The molecule has 2 rings (SSSR count). The minimum atomic E-state index is -0.504. The van der Waals surface area contributed by atoms with Crippen LogP contribution < -0.4 is 5.32 Å². The standard InChI is InChI=1S/C15H19FN4O/c1-20(2)9-3-4-14(21)17-8-7-11-10-18-15-12(11)5-6-13(16)19-15/h3-6,10H,7-9H2,1-2H3,(H,17,21)(H,18,19)/b4-3+. The van der Waals surface area contributed by atoms with Gasteiger partial charge in [-0.2, -0.15) is 4.39 Å². The number of nitrogens with one attached hydrogen (secondary N) is 2. The summed E-state index contributed by atoms with van der Waals surface area (Å²) in [6.07, 6.45) is 5.81. The van der Waals surface area contributed by atoms with E-state index in [-0.39, 0.29) is 5.91 Å². The van der Waals surface area contributed by atoms with Crippen LogP contribution in [0, 0.1) is 5.95 Å². The molecule has 0 aliphatic carbocycles. The Kier molecular flexibility index (Phi) is 5.05. The summed E-state index contributed by atoms with van der Waals surface area (Å²) in [4.78, 5) is 20.3. The minimum absolute atomic E-state index is 0.110. The maximum atomic E-state index is 13.0. The van der Waals surface area contributed by atoms with Crippen LogP contribution in [-0.4, -0.2) is 48.0 Å². The third-order valence-electron chi connectivity index (χ3n) is 3.02. The van der Waals surface area contributed by atoms with Crippen LogP contribution in [0.15, 0.2) is 30.5 Å². The summed E-state index contributed by atoms with van der Waals surface area (Å²) in [5.41, 5.74) is 1.54. The lowest BCUT2D eigenvalue weighted by Gasteiger charge is -2.04. The normalized spacial score (nSPS) is 11.6. The molecule has 5 nitrogen and oxygen atoms in total. The molecule has 2 aromatic rings. The number of carbonyl (C=O) groups is 1. The Bertz CT molecular complexity index is 648. The zero-order valence-electron chi connectivity index (χ0n) is 12.2. The number of amides is 1. The molecule has 0 aliphatic rings. The van der Waals surface area contributed by atoms with Crippen molar-refractivity contribution in [2.45, 2.75) is 6.42 Å². The molecule has 2 heterocycles. The Morgan fingerprint density at radius 3 is 3.05 bits per heavy atom. The Morgan fingerprint density at radius 1 is 1.48 bits per heavy atom. The molecule has 6 heteroatoms. The van der Waals surface area contributed by atoms with Crippen molar-refractivity contribution in [3.63, 3.8) is 0 Å². The molecule has 0 unspecified atom stereocenters. The van der Waals surface area contributed by atoms with Gasteiger partial charge in [-0.1, -0.05) is 6.08 Å². The van der Waals surface area contributed by atoms with Crippen LogP contribution in [0.5, 0.6) is 0 Å². The number of hydrogen-bond acceptors (Lipinski definition) is 3. The molecular formula is C15H19FN4O. The highest BCUT2D eigenvalue weighted by Crippen LogP contribution is 2.16. The monoisotopic (exact) mass is 290 g/mol. The number of nitrogens with zero attached hydrogens (tertiary/aromatic N) is 2. The summed E-state index contributed by atoms with van der Waals surface area (Å²) >= 11 is 0. The SMILES string of the molecule is CN(C)C/C=C/C(=O)NCCc1c[nH]c2nc(F)ccc12. The van der Waals surface area contributed by atoms with Crippen molar-refractivity contribution >= 4 is 16.9 Å². The lowest BCUT2D eigenvalue weighted by molar-refractivity contribution is -0.116. The van der Waals surface area contributed by atoms with Gasteiger partial charge in [-0.05, 0) is 38.2 Å². The molecule has 0 fully saturated rings. The summed E-state index contributed by atoms with van der Waals surface area (Å²) in [6.45, 7) is 1.25. The number of aromatic amines is 1. The molecule has 0 saturated carbocycles. The Hall–Kier alpha value is -2.21. The maximum Gasteiger partial charge on any atom is 0.243 e. The average Bonchev–Trinajstić information content (AvgIpc) is 2.80. The van der Waals surface area contributed by atoms with Gasteiger partial charge in [-0.3, -0.25) is 4.79 Å². The average molecular weight is 290 g/mol. The van der Waals surface area contributed by atoms with Gasteiger partial charge in [0, 0.05) is 30.7 Å². The van der Waals surface area contributed by atoms with E-state index < -0.39 is 5.95 Å². The molecule has 0 bridgehead atoms. The quantitative estimate of drug-likeness (QED) is 0.626. The highest BCUT2D eigenvalue weighted by Gasteiger charge is 2.06. The molecule has 2 N–H and O–H groups in total. The third kappa shape index (κ3) is 4.39. The fourth-order valence-electron chi connectivity index (χ4n) is 1.99. The van der Waals surface area contributed by atoms with Crippen LogP contribution in [0.25, 0.3) is 11.0 Å². The molecule has 112 valence electrons. The summed E-state index contributed by atoms with van der Waals surface area (Å²) in [5, 5.41) is 3.70. The van der Waals surface area contributed by atoms with Gasteiger partial charge in [-0.15, -0.1) is 0 Å². The lowest BCUT2D eigenvalue weighted by Crippen LogP contribution is -2.24. The predicted molar refractivity (Wildman–Crippen MR) is 80.5 cm³/mol.